The highest BCUT2D eigenvalue weighted by molar-refractivity contribution is 8.00. The summed E-state index contributed by atoms with van der Waals surface area (Å²) in [5.74, 6) is 2.71. The third-order valence-electron chi connectivity index (χ3n) is 1.58. The Labute approximate surface area is 92.9 Å². The number of carbonyl (C=O) groups is 1. The maximum atomic E-state index is 11.2. The summed E-state index contributed by atoms with van der Waals surface area (Å²) >= 11 is 1.35. The van der Waals surface area contributed by atoms with Crippen LogP contribution in [0.5, 0.6) is 5.75 Å². The molecule has 0 saturated carbocycles. The molecule has 0 bridgehead atoms. The number of amides is 1. The number of hydrogen-bond acceptors (Lipinski definition) is 3. The van der Waals surface area contributed by atoms with Gasteiger partial charge in [0.05, 0.1) is 12.3 Å². The van der Waals surface area contributed by atoms with Crippen molar-refractivity contribution in [3.63, 3.8) is 0 Å². The first-order chi connectivity index (χ1) is 7.22. The summed E-state index contributed by atoms with van der Waals surface area (Å²) in [6, 6.07) is 6.76. The van der Waals surface area contributed by atoms with E-state index < -0.39 is 0 Å². The molecule has 1 aromatic rings. The zero-order chi connectivity index (χ0) is 11.1. The summed E-state index contributed by atoms with van der Waals surface area (Å²) in [6.45, 7) is 0.249. The van der Waals surface area contributed by atoms with Crippen molar-refractivity contribution in [2.24, 2.45) is 0 Å². The van der Waals surface area contributed by atoms with Gasteiger partial charge in [-0.1, -0.05) is 12.0 Å². The standard InChI is InChI=1S/C11H11NO2S/c1-2-6-12-11(14)8-15-10-5-3-4-9(13)7-10/h1,3-5,7,13H,6,8H2,(H,12,14). The molecule has 2 N–H and O–H groups in total. The van der Waals surface area contributed by atoms with Gasteiger partial charge in [-0.25, -0.2) is 0 Å². The van der Waals surface area contributed by atoms with Gasteiger partial charge in [0.15, 0.2) is 0 Å². The van der Waals surface area contributed by atoms with Gasteiger partial charge >= 0.3 is 0 Å². The van der Waals surface area contributed by atoms with Crippen LogP contribution >= 0.6 is 11.8 Å². The molecule has 0 aliphatic rings. The largest absolute Gasteiger partial charge is 0.508 e. The summed E-state index contributed by atoms with van der Waals surface area (Å²) in [5, 5.41) is 11.7. The number of carbonyl (C=O) groups excluding carboxylic acids is 1. The number of benzene rings is 1. The Morgan fingerprint density at radius 2 is 2.40 bits per heavy atom. The third kappa shape index (κ3) is 4.43. The molecule has 15 heavy (non-hydrogen) atoms. The number of rotatable bonds is 4. The van der Waals surface area contributed by atoms with Crippen molar-refractivity contribution in [1.29, 1.82) is 0 Å². The Morgan fingerprint density at radius 1 is 1.60 bits per heavy atom. The fraction of sp³-hybridized carbons (Fsp3) is 0.182. The van der Waals surface area contributed by atoms with E-state index >= 15 is 0 Å². The lowest BCUT2D eigenvalue weighted by molar-refractivity contribution is -0.118. The maximum Gasteiger partial charge on any atom is 0.231 e. The highest BCUT2D eigenvalue weighted by atomic mass is 32.2. The van der Waals surface area contributed by atoms with E-state index in [1.54, 1.807) is 18.2 Å². The number of thioether (sulfide) groups is 1. The molecule has 0 heterocycles. The molecule has 0 unspecified atom stereocenters. The van der Waals surface area contributed by atoms with Crippen molar-refractivity contribution in [3.05, 3.63) is 24.3 Å². The first kappa shape index (κ1) is 11.5. The smallest absolute Gasteiger partial charge is 0.231 e. The van der Waals surface area contributed by atoms with Gasteiger partial charge in [-0.05, 0) is 18.2 Å². The van der Waals surface area contributed by atoms with Crippen molar-refractivity contribution in [2.75, 3.05) is 12.3 Å². The first-order valence-electron chi connectivity index (χ1n) is 4.34. The van der Waals surface area contributed by atoms with E-state index in [0.29, 0.717) is 5.75 Å². The SMILES string of the molecule is C#CCNC(=O)CSc1cccc(O)c1. The minimum atomic E-state index is -0.110. The molecule has 0 fully saturated rings. The Morgan fingerprint density at radius 3 is 3.07 bits per heavy atom. The molecule has 4 heteroatoms. The average molecular weight is 221 g/mol. The Hall–Kier alpha value is -1.60. The molecule has 0 radical (unpaired) electrons. The van der Waals surface area contributed by atoms with Crippen LogP contribution in [0.25, 0.3) is 0 Å². The van der Waals surface area contributed by atoms with Crippen LogP contribution in [0.15, 0.2) is 29.2 Å². The fourth-order valence-corrected chi connectivity index (χ4v) is 1.70. The fourth-order valence-electron chi connectivity index (χ4n) is 0.923. The Kier molecular flexibility index (Phi) is 4.58. The number of terminal acetylenes is 1. The van der Waals surface area contributed by atoms with Gasteiger partial charge in [0, 0.05) is 4.90 Å². The van der Waals surface area contributed by atoms with E-state index in [1.165, 1.54) is 11.8 Å². The zero-order valence-corrected chi connectivity index (χ0v) is 8.88. The summed E-state index contributed by atoms with van der Waals surface area (Å²) in [5.41, 5.74) is 0. The predicted octanol–water partition coefficient (Wildman–Crippen LogP) is 1.23. The van der Waals surface area contributed by atoms with Crippen LogP contribution in [0, 0.1) is 12.3 Å². The van der Waals surface area contributed by atoms with E-state index in [1.807, 2.05) is 6.07 Å². The molecular weight excluding hydrogens is 210 g/mol. The number of phenolic OH excluding ortho intramolecular Hbond substituents is 1. The molecule has 0 aromatic heterocycles. The van der Waals surface area contributed by atoms with Gasteiger partial charge in [-0.15, -0.1) is 18.2 Å². The molecule has 1 aromatic carbocycles. The van der Waals surface area contributed by atoms with Gasteiger partial charge in [0.25, 0.3) is 0 Å². The van der Waals surface area contributed by atoms with Crippen molar-refractivity contribution in [1.82, 2.24) is 5.32 Å². The molecule has 1 rings (SSSR count). The number of hydrogen-bond donors (Lipinski definition) is 2. The topological polar surface area (TPSA) is 49.3 Å². The van der Waals surface area contributed by atoms with E-state index in [4.69, 9.17) is 6.42 Å². The average Bonchev–Trinajstić information content (AvgIpc) is 2.23. The Balaban J connectivity index is 2.37. The van der Waals surface area contributed by atoms with Crippen LogP contribution in [0.4, 0.5) is 0 Å². The van der Waals surface area contributed by atoms with Crippen molar-refractivity contribution in [2.45, 2.75) is 4.90 Å². The first-order valence-corrected chi connectivity index (χ1v) is 5.33. The van der Waals surface area contributed by atoms with Crippen molar-refractivity contribution in [3.8, 4) is 18.1 Å². The minimum Gasteiger partial charge on any atom is -0.508 e. The highest BCUT2D eigenvalue weighted by Crippen LogP contribution is 2.21. The van der Waals surface area contributed by atoms with Gasteiger partial charge in [-0.3, -0.25) is 4.79 Å². The molecule has 0 aliphatic carbocycles. The minimum absolute atomic E-state index is 0.110. The Bertz CT molecular complexity index is 384. The normalized spacial score (nSPS) is 9.27. The van der Waals surface area contributed by atoms with E-state index in [-0.39, 0.29) is 18.2 Å². The summed E-state index contributed by atoms with van der Waals surface area (Å²) in [6.07, 6.45) is 5.00. The second-order valence-corrected chi connectivity index (χ2v) is 3.82. The summed E-state index contributed by atoms with van der Waals surface area (Å²) in [4.78, 5) is 12.0. The van der Waals surface area contributed by atoms with E-state index in [2.05, 4.69) is 11.2 Å². The molecule has 1 amide bonds. The monoisotopic (exact) mass is 221 g/mol. The highest BCUT2D eigenvalue weighted by Gasteiger charge is 2.01. The van der Waals surface area contributed by atoms with Gasteiger partial charge in [0.2, 0.25) is 5.91 Å². The van der Waals surface area contributed by atoms with Gasteiger partial charge < -0.3 is 10.4 Å². The number of aromatic hydroxyl groups is 1. The van der Waals surface area contributed by atoms with Gasteiger partial charge in [0.1, 0.15) is 5.75 Å². The quantitative estimate of drug-likeness (QED) is 0.594. The van der Waals surface area contributed by atoms with E-state index in [9.17, 15) is 9.90 Å². The van der Waals surface area contributed by atoms with Crippen LogP contribution in [-0.4, -0.2) is 23.3 Å². The maximum absolute atomic E-state index is 11.2. The van der Waals surface area contributed by atoms with Crippen LogP contribution in [0.3, 0.4) is 0 Å². The van der Waals surface area contributed by atoms with Gasteiger partial charge in [-0.2, -0.15) is 0 Å². The molecule has 0 saturated heterocycles. The lowest BCUT2D eigenvalue weighted by atomic mass is 10.3. The second kappa shape index (κ2) is 5.99. The van der Waals surface area contributed by atoms with Crippen LogP contribution in [-0.2, 0) is 4.79 Å². The molecular formula is C11H11NO2S. The third-order valence-corrected chi connectivity index (χ3v) is 2.57. The molecule has 3 nitrogen and oxygen atoms in total. The zero-order valence-electron chi connectivity index (χ0n) is 8.06. The predicted molar refractivity (Wildman–Crippen MR) is 60.7 cm³/mol. The molecule has 78 valence electrons. The molecule has 0 spiro atoms. The second-order valence-electron chi connectivity index (χ2n) is 2.77. The lowest BCUT2D eigenvalue weighted by Gasteiger charge is -2.02. The molecule has 0 atom stereocenters. The summed E-state index contributed by atoms with van der Waals surface area (Å²) in [7, 11) is 0. The van der Waals surface area contributed by atoms with E-state index in [0.717, 1.165) is 4.90 Å². The number of phenols is 1. The van der Waals surface area contributed by atoms with Crippen molar-refractivity contribution >= 4 is 17.7 Å². The van der Waals surface area contributed by atoms with Crippen LogP contribution in [0.2, 0.25) is 0 Å². The van der Waals surface area contributed by atoms with Crippen LogP contribution < -0.4 is 5.32 Å². The molecule has 0 aliphatic heterocycles. The lowest BCUT2D eigenvalue weighted by Crippen LogP contribution is -2.25. The number of nitrogens with one attached hydrogen (secondary N) is 1. The summed E-state index contributed by atoms with van der Waals surface area (Å²) < 4.78 is 0. The van der Waals surface area contributed by atoms with Crippen molar-refractivity contribution < 1.29 is 9.90 Å². The van der Waals surface area contributed by atoms with Crippen LogP contribution in [0.1, 0.15) is 0 Å².